The van der Waals surface area contributed by atoms with Crippen LogP contribution in [0.15, 0.2) is 23.1 Å². The van der Waals surface area contributed by atoms with Crippen molar-refractivity contribution < 1.29 is 12.8 Å². The lowest BCUT2D eigenvalue weighted by Gasteiger charge is -2.10. The van der Waals surface area contributed by atoms with Crippen LogP contribution in [0.4, 0.5) is 4.39 Å². The van der Waals surface area contributed by atoms with Crippen LogP contribution in [0.2, 0.25) is 0 Å². The van der Waals surface area contributed by atoms with Crippen LogP contribution in [-0.2, 0) is 10.0 Å². The second-order valence-electron chi connectivity index (χ2n) is 4.80. The monoisotopic (exact) mass is 333 g/mol. The molecule has 5 nitrogen and oxygen atoms in total. The highest BCUT2D eigenvalue weighted by Crippen LogP contribution is 2.15. The minimum atomic E-state index is -3.69. The van der Waals surface area contributed by atoms with E-state index in [0.717, 1.165) is 44.1 Å². The molecule has 1 aromatic carbocycles. The molecule has 1 aliphatic rings. The molecule has 1 aromatic rings. The Balaban J connectivity index is 0.00000220. The number of hydrogen-bond donors (Lipinski definition) is 2. The Hall–Kier alpha value is -1.20. The maximum atomic E-state index is 13.2. The Kier molecular flexibility index (Phi) is 6.55. The van der Waals surface area contributed by atoms with E-state index in [-0.39, 0.29) is 22.9 Å². The van der Waals surface area contributed by atoms with E-state index in [0.29, 0.717) is 12.5 Å². The SMILES string of the molecule is Cl.N#Cc1cc(S(=O)(=O)NCCC2CCNC2)ccc1F. The molecule has 2 N–H and O–H groups in total. The quantitative estimate of drug-likeness (QED) is 0.853. The zero-order valence-electron chi connectivity index (χ0n) is 11.3. The predicted molar refractivity (Wildman–Crippen MR) is 79.1 cm³/mol. The highest BCUT2D eigenvalue weighted by molar-refractivity contribution is 7.89. The summed E-state index contributed by atoms with van der Waals surface area (Å²) in [6, 6.07) is 4.84. The van der Waals surface area contributed by atoms with Crippen LogP contribution in [0, 0.1) is 23.1 Å². The average molecular weight is 334 g/mol. The van der Waals surface area contributed by atoms with Crippen LogP contribution in [0.3, 0.4) is 0 Å². The third-order valence-corrected chi connectivity index (χ3v) is 4.83. The van der Waals surface area contributed by atoms with Crippen molar-refractivity contribution in [2.75, 3.05) is 19.6 Å². The zero-order valence-corrected chi connectivity index (χ0v) is 12.9. The van der Waals surface area contributed by atoms with Crippen molar-refractivity contribution in [3.05, 3.63) is 29.6 Å². The van der Waals surface area contributed by atoms with Gasteiger partial charge in [-0.1, -0.05) is 0 Å². The fourth-order valence-electron chi connectivity index (χ4n) is 2.20. The molecule has 21 heavy (non-hydrogen) atoms. The molecule has 1 heterocycles. The lowest BCUT2D eigenvalue weighted by molar-refractivity contribution is 0.519. The van der Waals surface area contributed by atoms with Gasteiger partial charge in [0.15, 0.2) is 0 Å². The van der Waals surface area contributed by atoms with Crippen LogP contribution in [0.25, 0.3) is 0 Å². The Labute approximate surface area is 130 Å². The van der Waals surface area contributed by atoms with Crippen molar-refractivity contribution in [3.8, 4) is 6.07 Å². The van der Waals surface area contributed by atoms with Crippen LogP contribution >= 0.6 is 12.4 Å². The summed E-state index contributed by atoms with van der Waals surface area (Å²) in [4.78, 5) is -0.0833. The third kappa shape index (κ3) is 4.64. The maximum absolute atomic E-state index is 13.2. The number of nitrogens with zero attached hydrogens (tertiary/aromatic N) is 1. The normalized spacial score (nSPS) is 18.0. The molecule has 0 radical (unpaired) electrons. The Morgan fingerprint density at radius 3 is 2.86 bits per heavy atom. The summed E-state index contributed by atoms with van der Waals surface area (Å²) in [5.74, 6) is -0.232. The van der Waals surface area contributed by atoms with Crippen LogP contribution in [0.5, 0.6) is 0 Å². The third-order valence-electron chi connectivity index (χ3n) is 3.38. The molecule has 0 bridgehead atoms. The summed E-state index contributed by atoms with van der Waals surface area (Å²) in [5.41, 5.74) is -0.270. The van der Waals surface area contributed by atoms with Gasteiger partial charge in [0, 0.05) is 6.54 Å². The molecule has 0 aromatic heterocycles. The Bertz CT molecular complexity index is 625. The summed E-state index contributed by atoms with van der Waals surface area (Å²) in [5, 5.41) is 11.9. The van der Waals surface area contributed by atoms with E-state index in [2.05, 4.69) is 10.0 Å². The lowest BCUT2D eigenvalue weighted by Crippen LogP contribution is -2.26. The van der Waals surface area contributed by atoms with E-state index < -0.39 is 15.8 Å². The zero-order chi connectivity index (χ0) is 14.6. The first-order chi connectivity index (χ1) is 9.53. The molecule has 1 fully saturated rings. The van der Waals surface area contributed by atoms with Gasteiger partial charge in [0.25, 0.3) is 0 Å². The predicted octanol–water partition coefficient (Wildman–Crippen LogP) is 1.40. The van der Waals surface area contributed by atoms with Crippen molar-refractivity contribution >= 4 is 22.4 Å². The number of hydrogen-bond acceptors (Lipinski definition) is 4. The highest BCUT2D eigenvalue weighted by atomic mass is 35.5. The van der Waals surface area contributed by atoms with E-state index in [9.17, 15) is 12.8 Å². The van der Waals surface area contributed by atoms with Gasteiger partial charge in [-0.15, -0.1) is 12.4 Å². The van der Waals surface area contributed by atoms with Gasteiger partial charge in [0.05, 0.1) is 10.5 Å². The van der Waals surface area contributed by atoms with Crippen molar-refractivity contribution in [1.29, 1.82) is 5.26 Å². The van der Waals surface area contributed by atoms with Crippen LogP contribution in [-0.4, -0.2) is 28.1 Å². The fourth-order valence-corrected chi connectivity index (χ4v) is 3.27. The summed E-state index contributed by atoms with van der Waals surface area (Å²) in [6.45, 7) is 2.23. The molecule has 1 atom stereocenters. The van der Waals surface area contributed by atoms with Gasteiger partial charge in [-0.05, 0) is 50.0 Å². The van der Waals surface area contributed by atoms with Crippen molar-refractivity contribution in [2.45, 2.75) is 17.7 Å². The number of halogens is 2. The molecule has 8 heteroatoms. The molecule has 2 rings (SSSR count). The molecular weight excluding hydrogens is 317 g/mol. The summed E-state index contributed by atoms with van der Waals surface area (Å²) >= 11 is 0. The van der Waals surface area contributed by atoms with Gasteiger partial charge < -0.3 is 5.32 Å². The highest BCUT2D eigenvalue weighted by Gasteiger charge is 2.18. The number of benzene rings is 1. The molecule has 1 saturated heterocycles. The van der Waals surface area contributed by atoms with Crippen molar-refractivity contribution in [2.24, 2.45) is 5.92 Å². The van der Waals surface area contributed by atoms with Gasteiger partial charge in [-0.2, -0.15) is 5.26 Å². The minimum absolute atomic E-state index is 0. The van der Waals surface area contributed by atoms with Crippen LogP contribution < -0.4 is 10.0 Å². The van der Waals surface area contributed by atoms with Crippen molar-refractivity contribution in [3.63, 3.8) is 0 Å². The van der Waals surface area contributed by atoms with Gasteiger partial charge >= 0.3 is 0 Å². The summed E-state index contributed by atoms with van der Waals surface area (Å²) < 4.78 is 39.7. The van der Waals surface area contributed by atoms with Gasteiger partial charge in [-0.3, -0.25) is 0 Å². The molecule has 1 unspecified atom stereocenters. The molecule has 1 aliphatic heterocycles. The minimum Gasteiger partial charge on any atom is -0.316 e. The molecule has 0 saturated carbocycles. The van der Waals surface area contributed by atoms with E-state index in [4.69, 9.17) is 5.26 Å². The molecule has 116 valence electrons. The largest absolute Gasteiger partial charge is 0.316 e. The van der Waals surface area contributed by atoms with Crippen LogP contribution in [0.1, 0.15) is 18.4 Å². The van der Waals surface area contributed by atoms with Gasteiger partial charge in [0.1, 0.15) is 11.9 Å². The van der Waals surface area contributed by atoms with E-state index in [1.165, 1.54) is 0 Å². The van der Waals surface area contributed by atoms with Gasteiger partial charge in [-0.25, -0.2) is 17.5 Å². The first-order valence-corrected chi connectivity index (χ1v) is 7.91. The summed E-state index contributed by atoms with van der Waals surface area (Å²) in [7, 11) is -3.69. The molecule has 0 spiro atoms. The maximum Gasteiger partial charge on any atom is 0.240 e. The smallest absolute Gasteiger partial charge is 0.240 e. The van der Waals surface area contributed by atoms with E-state index in [1.54, 1.807) is 6.07 Å². The fraction of sp³-hybridized carbons (Fsp3) is 0.462. The molecular formula is C13H17ClFN3O2S. The first kappa shape index (κ1) is 17.9. The Morgan fingerprint density at radius 2 is 2.24 bits per heavy atom. The molecule has 0 amide bonds. The lowest BCUT2D eigenvalue weighted by atomic mass is 10.1. The first-order valence-electron chi connectivity index (χ1n) is 6.43. The topological polar surface area (TPSA) is 82.0 Å². The number of rotatable bonds is 5. The summed E-state index contributed by atoms with van der Waals surface area (Å²) in [6.07, 6.45) is 1.81. The van der Waals surface area contributed by atoms with E-state index in [1.807, 2.05) is 0 Å². The number of nitrogens with one attached hydrogen (secondary N) is 2. The average Bonchev–Trinajstić information content (AvgIpc) is 2.92. The second kappa shape index (κ2) is 7.71. The standard InChI is InChI=1S/C13H16FN3O2S.ClH/c14-13-2-1-12(7-11(13)8-15)20(18,19)17-6-4-10-3-5-16-9-10;/h1-2,7,10,16-17H,3-6,9H2;1H. The number of nitriles is 1. The Morgan fingerprint density at radius 1 is 1.48 bits per heavy atom. The second-order valence-corrected chi connectivity index (χ2v) is 6.57. The van der Waals surface area contributed by atoms with Gasteiger partial charge in [0.2, 0.25) is 10.0 Å². The van der Waals surface area contributed by atoms with E-state index >= 15 is 0 Å². The number of sulfonamides is 1. The molecule has 0 aliphatic carbocycles. The van der Waals surface area contributed by atoms with Crippen molar-refractivity contribution in [1.82, 2.24) is 10.0 Å².